The van der Waals surface area contributed by atoms with Gasteiger partial charge in [0, 0.05) is 11.8 Å². The first-order valence-electron chi connectivity index (χ1n) is 7.91. The number of para-hydroxylation sites is 4. The molecule has 3 heterocycles. The summed E-state index contributed by atoms with van der Waals surface area (Å²) in [6.45, 7) is 0. The van der Waals surface area contributed by atoms with Crippen molar-refractivity contribution in [3.8, 4) is 11.5 Å². The Hall–Kier alpha value is -3.34. The minimum absolute atomic E-state index is 0.0284. The summed E-state index contributed by atoms with van der Waals surface area (Å²) in [4.78, 5) is 12.6. The molecule has 0 saturated carbocycles. The highest BCUT2D eigenvalue weighted by Crippen LogP contribution is 2.37. The van der Waals surface area contributed by atoms with Crippen molar-refractivity contribution in [2.45, 2.75) is 6.17 Å². The second kappa shape index (κ2) is 5.09. The molecule has 5 nitrogen and oxygen atoms in total. The number of fused-ring (bicyclic) bond motifs is 2. The summed E-state index contributed by atoms with van der Waals surface area (Å²) in [6, 6.07) is 20.2. The Morgan fingerprint density at radius 2 is 1.54 bits per heavy atom. The molecule has 5 rings (SSSR count). The summed E-state index contributed by atoms with van der Waals surface area (Å²) in [6.07, 6.45) is 1.77. The molecule has 0 atom stereocenters. The molecule has 0 unspecified atom stereocenters. The van der Waals surface area contributed by atoms with Crippen molar-refractivity contribution in [2.75, 3.05) is 10.6 Å². The molecule has 4 aromatic rings. The molecular weight excluding hydrogens is 298 g/mol. The van der Waals surface area contributed by atoms with Crippen LogP contribution < -0.4 is 10.6 Å². The summed E-state index contributed by atoms with van der Waals surface area (Å²) in [5, 5.41) is 7.00. The molecule has 0 fully saturated rings. The van der Waals surface area contributed by atoms with Crippen LogP contribution in [0.3, 0.4) is 0 Å². The minimum atomic E-state index is -0.0284. The normalized spacial score (nSPS) is 13.5. The van der Waals surface area contributed by atoms with Gasteiger partial charge in [0.25, 0.3) is 0 Å². The highest BCUT2D eigenvalue weighted by molar-refractivity contribution is 5.80. The van der Waals surface area contributed by atoms with Crippen LogP contribution in [0.25, 0.3) is 22.6 Å². The predicted molar refractivity (Wildman–Crippen MR) is 95.8 cm³/mol. The Balaban J connectivity index is 1.59. The first-order valence-corrected chi connectivity index (χ1v) is 7.91. The predicted octanol–water partition coefficient (Wildman–Crippen LogP) is 4.16. The van der Waals surface area contributed by atoms with Crippen LogP contribution in [0.5, 0.6) is 0 Å². The van der Waals surface area contributed by atoms with Crippen molar-refractivity contribution in [1.82, 2.24) is 15.0 Å². The topological polar surface area (TPSA) is 65.6 Å². The Bertz CT molecular complexity index is 979. The molecule has 24 heavy (non-hydrogen) atoms. The van der Waals surface area contributed by atoms with Gasteiger partial charge in [0.15, 0.2) is 5.82 Å². The van der Waals surface area contributed by atoms with Gasteiger partial charge in [-0.05, 0) is 30.3 Å². The second-order valence-corrected chi connectivity index (χ2v) is 5.81. The summed E-state index contributed by atoms with van der Waals surface area (Å²) in [5.74, 6) is 0.784. The Labute approximate surface area is 138 Å². The Kier molecular flexibility index (Phi) is 2.79. The lowest BCUT2D eigenvalue weighted by molar-refractivity contribution is 0.929. The van der Waals surface area contributed by atoms with Crippen LogP contribution in [0.1, 0.15) is 11.7 Å². The number of H-pyrrole nitrogens is 1. The molecule has 0 saturated heterocycles. The van der Waals surface area contributed by atoms with Crippen molar-refractivity contribution in [3.63, 3.8) is 0 Å². The lowest BCUT2D eigenvalue weighted by Gasteiger charge is -2.15. The summed E-state index contributed by atoms with van der Waals surface area (Å²) in [7, 11) is 0. The standard InChI is InChI=1S/C19H15N5/c1-2-8-14-13(7-1)21-18(22-14)12-6-5-11-20-17(12)19-23-15-9-3-4-10-16(15)24-19/h1-11,18,21-22H,(H,23,24). The molecule has 0 spiro atoms. The smallest absolute Gasteiger partial charge is 0.157 e. The first kappa shape index (κ1) is 13.1. The van der Waals surface area contributed by atoms with Crippen LogP contribution in [0.2, 0.25) is 0 Å². The van der Waals surface area contributed by atoms with Crippen molar-refractivity contribution >= 4 is 22.4 Å². The van der Waals surface area contributed by atoms with E-state index in [1.54, 1.807) is 6.20 Å². The number of aromatic nitrogens is 3. The van der Waals surface area contributed by atoms with Gasteiger partial charge in [0.2, 0.25) is 0 Å². The minimum Gasteiger partial charge on any atom is -0.360 e. The SMILES string of the molecule is c1ccc2c(c1)NC(c1cccnc1-c1nc3ccccc3[nH]1)N2. The molecule has 116 valence electrons. The van der Waals surface area contributed by atoms with Crippen LogP contribution >= 0.6 is 0 Å². The number of nitrogens with one attached hydrogen (secondary N) is 3. The molecule has 0 amide bonds. The van der Waals surface area contributed by atoms with Gasteiger partial charge in [-0.25, -0.2) is 4.98 Å². The molecule has 2 aromatic carbocycles. The van der Waals surface area contributed by atoms with Crippen molar-refractivity contribution < 1.29 is 0 Å². The van der Waals surface area contributed by atoms with E-state index in [9.17, 15) is 0 Å². The van der Waals surface area contributed by atoms with E-state index in [1.165, 1.54) is 0 Å². The average molecular weight is 313 g/mol. The van der Waals surface area contributed by atoms with E-state index in [4.69, 9.17) is 4.98 Å². The molecule has 2 aromatic heterocycles. The molecule has 0 radical (unpaired) electrons. The van der Waals surface area contributed by atoms with Gasteiger partial charge in [-0.2, -0.15) is 0 Å². The molecule has 3 N–H and O–H groups in total. The monoisotopic (exact) mass is 313 g/mol. The number of hydrogen-bond acceptors (Lipinski definition) is 4. The van der Waals surface area contributed by atoms with E-state index < -0.39 is 0 Å². The Morgan fingerprint density at radius 3 is 2.33 bits per heavy atom. The zero-order valence-electron chi connectivity index (χ0n) is 12.8. The van der Waals surface area contributed by atoms with Crippen LogP contribution in [0.15, 0.2) is 66.9 Å². The van der Waals surface area contributed by atoms with E-state index in [0.29, 0.717) is 0 Å². The number of pyridine rings is 1. The molecule has 5 heteroatoms. The maximum Gasteiger partial charge on any atom is 0.157 e. The summed E-state index contributed by atoms with van der Waals surface area (Å²) < 4.78 is 0. The quantitative estimate of drug-likeness (QED) is 0.520. The van der Waals surface area contributed by atoms with Gasteiger partial charge in [-0.15, -0.1) is 0 Å². The molecule has 0 bridgehead atoms. The van der Waals surface area contributed by atoms with Crippen LogP contribution in [0.4, 0.5) is 11.4 Å². The number of imidazole rings is 1. The second-order valence-electron chi connectivity index (χ2n) is 5.81. The van der Waals surface area contributed by atoms with E-state index in [2.05, 4.69) is 38.8 Å². The summed E-state index contributed by atoms with van der Waals surface area (Å²) in [5.41, 5.74) is 6.07. The third kappa shape index (κ3) is 2.02. The van der Waals surface area contributed by atoms with E-state index in [0.717, 1.165) is 39.5 Å². The van der Waals surface area contributed by atoms with Gasteiger partial charge in [0.1, 0.15) is 11.9 Å². The third-order valence-corrected chi connectivity index (χ3v) is 4.29. The fourth-order valence-corrected chi connectivity index (χ4v) is 3.15. The fourth-order valence-electron chi connectivity index (χ4n) is 3.15. The highest BCUT2D eigenvalue weighted by atomic mass is 15.2. The van der Waals surface area contributed by atoms with E-state index in [1.807, 2.05) is 42.5 Å². The van der Waals surface area contributed by atoms with Crippen LogP contribution in [-0.4, -0.2) is 15.0 Å². The maximum absolute atomic E-state index is 4.69. The van der Waals surface area contributed by atoms with Crippen molar-refractivity contribution in [3.05, 3.63) is 72.4 Å². The lowest BCUT2D eigenvalue weighted by atomic mass is 10.1. The number of aromatic amines is 1. The number of hydrogen-bond donors (Lipinski definition) is 3. The van der Waals surface area contributed by atoms with Gasteiger partial charge >= 0.3 is 0 Å². The van der Waals surface area contributed by atoms with Crippen LogP contribution in [0, 0.1) is 0 Å². The van der Waals surface area contributed by atoms with Gasteiger partial charge in [-0.3, -0.25) is 4.98 Å². The number of nitrogens with zero attached hydrogens (tertiary/aromatic N) is 2. The van der Waals surface area contributed by atoms with Crippen molar-refractivity contribution in [1.29, 1.82) is 0 Å². The highest BCUT2D eigenvalue weighted by Gasteiger charge is 2.24. The molecule has 0 aliphatic carbocycles. The van der Waals surface area contributed by atoms with E-state index in [-0.39, 0.29) is 6.17 Å². The molecule has 1 aliphatic rings. The van der Waals surface area contributed by atoms with Crippen LogP contribution in [-0.2, 0) is 0 Å². The molecular formula is C19H15N5. The Morgan fingerprint density at radius 1 is 0.792 bits per heavy atom. The lowest BCUT2D eigenvalue weighted by Crippen LogP contribution is -2.14. The number of benzene rings is 2. The fraction of sp³-hybridized carbons (Fsp3) is 0.0526. The maximum atomic E-state index is 4.69. The van der Waals surface area contributed by atoms with Gasteiger partial charge in [0.05, 0.1) is 22.4 Å². The first-order chi connectivity index (χ1) is 11.9. The van der Waals surface area contributed by atoms with Gasteiger partial charge in [-0.1, -0.05) is 30.3 Å². The van der Waals surface area contributed by atoms with Crippen molar-refractivity contribution in [2.24, 2.45) is 0 Å². The largest absolute Gasteiger partial charge is 0.360 e. The zero-order chi connectivity index (χ0) is 15.9. The van der Waals surface area contributed by atoms with Gasteiger partial charge < -0.3 is 15.6 Å². The number of anilines is 2. The van der Waals surface area contributed by atoms with E-state index >= 15 is 0 Å². The third-order valence-electron chi connectivity index (χ3n) is 4.29. The summed E-state index contributed by atoms with van der Waals surface area (Å²) >= 11 is 0. The molecule has 1 aliphatic heterocycles. The average Bonchev–Trinajstić information content (AvgIpc) is 3.25. The zero-order valence-corrected chi connectivity index (χ0v) is 12.8. The number of rotatable bonds is 2.